The van der Waals surface area contributed by atoms with Crippen LogP contribution in [0.5, 0.6) is 0 Å². The van der Waals surface area contributed by atoms with E-state index in [2.05, 4.69) is 15.2 Å². The summed E-state index contributed by atoms with van der Waals surface area (Å²) < 4.78 is 26.7. The molecule has 0 bridgehead atoms. The molecule has 1 aliphatic rings. The van der Waals surface area contributed by atoms with E-state index in [0.29, 0.717) is 16.8 Å². The molecule has 0 aliphatic carbocycles. The van der Waals surface area contributed by atoms with Gasteiger partial charge in [0.2, 0.25) is 0 Å². The smallest absolute Gasteiger partial charge is 0.264 e. The zero-order valence-electron chi connectivity index (χ0n) is 21.9. The van der Waals surface area contributed by atoms with Gasteiger partial charge in [-0.1, -0.05) is 6.07 Å². The SMILES string of the molecule is Cc1ccc(S(=O)(=O)CC(=O)Cc2ccc(-n3ccc4cc(NCCCN5CCCC5)ccc4c3=O)nc2)s1. The molecule has 10 heteroatoms. The molecule has 5 rings (SSSR count). The Balaban J connectivity index is 1.21. The molecule has 204 valence electrons. The summed E-state index contributed by atoms with van der Waals surface area (Å²) in [6, 6.07) is 14.3. The average Bonchev–Trinajstić information content (AvgIpc) is 3.59. The zero-order chi connectivity index (χ0) is 27.4. The van der Waals surface area contributed by atoms with Gasteiger partial charge >= 0.3 is 0 Å². The molecule has 4 heterocycles. The lowest BCUT2D eigenvalue weighted by Crippen LogP contribution is -2.22. The highest BCUT2D eigenvalue weighted by molar-refractivity contribution is 7.94. The van der Waals surface area contributed by atoms with Crippen LogP contribution in [0, 0.1) is 6.92 Å². The maximum atomic E-state index is 13.2. The van der Waals surface area contributed by atoms with Gasteiger partial charge in [0.1, 0.15) is 15.8 Å². The van der Waals surface area contributed by atoms with Crippen molar-refractivity contribution in [2.24, 2.45) is 0 Å². The Bertz CT molecular complexity index is 1640. The van der Waals surface area contributed by atoms with Crippen LogP contribution in [0.2, 0.25) is 0 Å². The van der Waals surface area contributed by atoms with E-state index >= 15 is 0 Å². The minimum Gasteiger partial charge on any atom is -0.385 e. The third kappa shape index (κ3) is 6.63. The lowest BCUT2D eigenvalue weighted by atomic mass is 10.1. The van der Waals surface area contributed by atoms with E-state index in [-0.39, 0.29) is 16.2 Å². The molecular formula is C29H32N4O4S2. The van der Waals surface area contributed by atoms with Gasteiger partial charge in [-0.25, -0.2) is 13.4 Å². The highest BCUT2D eigenvalue weighted by Crippen LogP contribution is 2.22. The van der Waals surface area contributed by atoms with Crippen molar-refractivity contribution in [3.05, 3.63) is 81.7 Å². The third-order valence-electron chi connectivity index (χ3n) is 6.91. The van der Waals surface area contributed by atoms with Crippen LogP contribution in [-0.4, -0.2) is 60.6 Å². The molecule has 3 aromatic heterocycles. The second kappa shape index (κ2) is 11.8. The molecule has 0 amide bonds. The molecular weight excluding hydrogens is 532 g/mol. The summed E-state index contributed by atoms with van der Waals surface area (Å²) in [6.07, 6.45) is 6.86. The molecule has 1 N–H and O–H groups in total. The molecule has 0 saturated carbocycles. The number of aromatic nitrogens is 2. The number of thiophene rings is 1. The van der Waals surface area contributed by atoms with E-state index in [9.17, 15) is 18.0 Å². The van der Waals surface area contributed by atoms with Gasteiger partial charge in [0, 0.05) is 41.3 Å². The molecule has 1 aromatic carbocycles. The van der Waals surface area contributed by atoms with Crippen molar-refractivity contribution in [2.45, 2.75) is 36.8 Å². The van der Waals surface area contributed by atoms with E-state index in [0.717, 1.165) is 46.8 Å². The molecule has 0 spiro atoms. The third-order valence-corrected chi connectivity index (χ3v) is 10.2. The number of sulfone groups is 1. The molecule has 4 aromatic rings. The van der Waals surface area contributed by atoms with Crippen LogP contribution in [0.25, 0.3) is 16.6 Å². The standard InChI is InChI=1S/C29H32N4O4S2/c1-21-5-10-28(38-21)39(36,37)20-25(34)17-22-6-9-27(31-19-22)33-16-11-23-18-24(7-8-26(23)29(33)35)30-12-4-15-32-13-2-3-14-32/h5-11,16,18-19,30H,2-4,12-15,17,20H2,1H3. The van der Waals surface area contributed by atoms with Gasteiger partial charge in [-0.05, 0) is 99.2 Å². The van der Waals surface area contributed by atoms with Crippen LogP contribution in [0.4, 0.5) is 5.69 Å². The van der Waals surface area contributed by atoms with Crippen molar-refractivity contribution in [1.29, 1.82) is 0 Å². The number of likely N-dealkylation sites (tertiary alicyclic amines) is 1. The van der Waals surface area contributed by atoms with Gasteiger partial charge in [-0.15, -0.1) is 11.3 Å². The second-order valence-corrected chi connectivity index (χ2v) is 13.5. The number of anilines is 1. The topological polar surface area (TPSA) is 101 Å². The number of fused-ring (bicyclic) bond motifs is 1. The maximum absolute atomic E-state index is 13.2. The highest BCUT2D eigenvalue weighted by Gasteiger charge is 2.21. The minimum atomic E-state index is -3.65. The van der Waals surface area contributed by atoms with Crippen molar-refractivity contribution in [2.75, 3.05) is 37.2 Å². The largest absolute Gasteiger partial charge is 0.385 e. The summed E-state index contributed by atoms with van der Waals surface area (Å²) in [7, 11) is -3.65. The Morgan fingerprint density at radius 2 is 1.90 bits per heavy atom. The zero-order valence-corrected chi connectivity index (χ0v) is 23.6. The Morgan fingerprint density at radius 3 is 2.62 bits per heavy atom. The van der Waals surface area contributed by atoms with Crippen molar-refractivity contribution in [3.8, 4) is 5.82 Å². The fraction of sp³-hybridized carbons (Fsp3) is 0.345. The number of carbonyl (C=O) groups is 1. The molecule has 1 fully saturated rings. The number of benzene rings is 1. The van der Waals surface area contributed by atoms with Crippen molar-refractivity contribution in [1.82, 2.24) is 14.5 Å². The number of nitrogens with zero attached hydrogens (tertiary/aromatic N) is 3. The predicted molar refractivity (Wildman–Crippen MR) is 156 cm³/mol. The van der Waals surface area contributed by atoms with Crippen LogP contribution in [0.3, 0.4) is 0 Å². The summed E-state index contributed by atoms with van der Waals surface area (Å²) in [5.74, 6) is -0.517. The van der Waals surface area contributed by atoms with E-state index in [4.69, 9.17) is 0 Å². The number of aryl methyl sites for hydroxylation is 1. The predicted octanol–water partition coefficient (Wildman–Crippen LogP) is 4.24. The number of nitrogens with one attached hydrogen (secondary N) is 1. The minimum absolute atomic E-state index is 0.0444. The molecule has 1 aliphatic heterocycles. The Labute approximate surface area is 232 Å². The van der Waals surface area contributed by atoms with Gasteiger partial charge in [0.05, 0.1) is 0 Å². The summed E-state index contributed by atoms with van der Waals surface area (Å²) in [4.78, 5) is 33.4. The van der Waals surface area contributed by atoms with Gasteiger partial charge in [-0.2, -0.15) is 0 Å². The van der Waals surface area contributed by atoms with Crippen LogP contribution in [0.15, 0.2) is 69.9 Å². The maximum Gasteiger partial charge on any atom is 0.264 e. The fourth-order valence-corrected chi connectivity index (χ4v) is 7.50. The van der Waals surface area contributed by atoms with E-state index in [1.54, 1.807) is 24.4 Å². The first-order chi connectivity index (χ1) is 18.8. The number of Topliss-reactive ketones (excluding diaryl/α,β-unsaturated/α-hetero) is 1. The normalized spacial score (nSPS) is 14.2. The summed E-state index contributed by atoms with van der Waals surface area (Å²) in [5, 5.41) is 4.90. The summed E-state index contributed by atoms with van der Waals surface area (Å²) >= 11 is 1.16. The van der Waals surface area contributed by atoms with Crippen LogP contribution in [0.1, 0.15) is 29.7 Å². The molecule has 0 radical (unpaired) electrons. The Kier molecular flexibility index (Phi) is 8.25. The van der Waals surface area contributed by atoms with Crippen LogP contribution < -0.4 is 10.9 Å². The molecule has 1 saturated heterocycles. The fourth-order valence-electron chi connectivity index (χ4n) is 4.88. The lowest BCUT2D eigenvalue weighted by Gasteiger charge is -2.15. The second-order valence-electron chi connectivity index (χ2n) is 9.99. The molecule has 0 unspecified atom stereocenters. The molecule has 8 nitrogen and oxygen atoms in total. The first kappa shape index (κ1) is 27.2. The number of pyridine rings is 2. The number of ketones is 1. The molecule has 0 atom stereocenters. The van der Waals surface area contributed by atoms with Crippen molar-refractivity contribution < 1.29 is 13.2 Å². The van der Waals surface area contributed by atoms with Crippen LogP contribution in [-0.2, 0) is 21.1 Å². The number of carbonyl (C=O) groups excluding carboxylic acids is 1. The quantitative estimate of drug-likeness (QED) is 0.272. The van der Waals surface area contributed by atoms with Gasteiger partial charge < -0.3 is 10.2 Å². The number of hydrogen-bond donors (Lipinski definition) is 1. The van der Waals surface area contributed by atoms with Crippen molar-refractivity contribution in [3.63, 3.8) is 0 Å². The van der Waals surface area contributed by atoms with Gasteiger partial charge in [0.15, 0.2) is 15.6 Å². The first-order valence-electron chi connectivity index (χ1n) is 13.2. The monoisotopic (exact) mass is 564 g/mol. The van der Waals surface area contributed by atoms with E-state index in [1.807, 2.05) is 31.2 Å². The number of rotatable bonds is 11. The Hall–Kier alpha value is -3.34. The summed E-state index contributed by atoms with van der Waals surface area (Å²) in [5.41, 5.74) is 1.40. The van der Waals surface area contributed by atoms with E-state index < -0.39 is 21.4 Å². The summed E-state index contributed by atoms with van der Waals surface area (Å²) in [6.45, 7) is 6.23. The van der Waals surface area contributed by atoms with Gasteiger partial charge in [-0.3, -0.25) is 14.2 Å². The van der Waals surface area contributed by atoms with E-state index in [1.165, 1.54) is 42.8 Å². The van der Waals surface area contributed by atoms with Crippen LogP contribution >= 0.6 is 11.3 Å². The van der Waals surface area contributed by atoms with Crippen molar-refractivity contribution >= 4 is 43.4 Å². The lowest BCUT2D eigenvalue weighted by molar-refractivity contribution is -0.116. The first-order valence-corrected chi connectivity index (χ1v) is 15.6. The van der Waals surface area contributed by atoms with Gasteiger partial charge in [0.25, 0.3) is 5.56 Å². The Morgan fingerprint density at radius 1 is 1.08 bits per heavy atom. The number of hydrogen-bond acceptors (Lipinski definition) is 8. The molecule has 39 heavy (non-hydrogen) atoms. The highest BCUT2D eigenvalue weighted by atomic mass is 32.2. The average molecular weight is 565 g/mol.